The van der Waals surface area contributed by atoms with Gasteiger partial charge in [-0.05, 0) is 38.3 Å². The maximum atomic E-state index is 15.0. The number of carbonyl (C=O) groups is 1. The molecule has 3 aliphatic heterocycles. The molecule has 214 valence electrons. The zero-order chi connectivity index (χ0) is 29.0. The van der Waals surface area contributed by atoms with E-state index in [0.717, 1.165) is 12.8 Å². The Kier molecular flexibility index (Phi) is 9.71. The van der Waals surface area contributed by atoms with Gasteiger partial charge in [-0.1, -0.05) is 36.4 Å². The van der Waals surface area contributed by atoms with Gasteiger partial charge in [0.25, 0.3) is 0 Å². The largest absolute Gasteiger partial charge is 0.486 e. The summed E-state index contributed by atoms with van der Waals surface area (Å²) >= 11 is 11.9. The lowest BCUT2D eigenvalue weighted by Crippen LogP contribution is -2.61. The molecule has 11 heteroatoms. The van der Waals surface area contributed by atoms with Crippen LogP contribution in [0.25, 0.3) is 0 Å². The van der Waals surface area contributed by atoms with E-state index in [0.29, 0.717) is 49.1 Å². The molecule has 1 amide bonds. The van der Waals surface area contributed by atoms with Crippen molar-refractivity contribution in [3.8, 4) is 11.5 Å². The molecule has 3 saturated heterocycles. The molecule has 40 heavy (non-hydrogen) atoms. The van der Waals surface area contributed by atoms with Gasteiger partial charge < -0.3 is 24.4 Å². The van der Waals surface area contributed by atoms with Gasteiger partial charge in [-0.25, -0.2) is 4.39 Å². The third-order valence-corrected chi connectivity index (χ3v) is 8.01. The molecule has 1 saturated carbocycles. The Morgan fingerprint density at radius 3 is 2.45 bits per heavy atom. The third-order valence-electron chi connectivity index (χ3n) is 7.28. The Morgan fingerprint density at radius 2 is 1.90 bits per heavy atom. The van der Waals surface area contributed by atoms with Crippen LogP contribution in [0.5, 0.6) is 11.5 Å². The number of benzene rings is 1. The Labute approximate surface area is 243 Å². The van der Waals surface area contributed by atoms with Crippen molar-refractivity contribution in [2.75, 3.05) is 33.4 Å². The molecule has 1 aliphatic carbocycles. The summed E-state index contributed by atoms with van der Waals surface area (Å²) in [4.78, 5) is 22.5. The van der Waals surface area contributed by atoms with Crippen molar-refractivity contribution >= 4 is 47.3 Å². The van der Waals surface area contributed by atoms with Crippen molar-refractivity contribution in [2.24, 2.45) is 21.8 Å². The fraction of sp³-hybridized carbons (Fsp3) is 0.414. The predicted octanol–water partition coefficient (Wildman–Crippen LogP) is 5.64. The van der Waals surface area contributed by atoms with Gasteiger partial charge in [0, 0.05) is 55.1 Å². The lowest BCUT2D eigenvalue weighted by Gasteiger charge is -2.52. The summed E-state index contributed by atoms with van der Waals surface area (Å²) in [7, 11) is 1.56. The number of carbonyl (C=O) groups excluding carboxylic acids is 1. The standard InChI is InChI=1S/C29H33Cl2FN4O4/c1-6-21(27(32)26(31)16(3)30)35-29(34-5)20-11-23(24(12-22(20)33-4)39-19-8-9-38-15-19)40-28-17-10-18(28)14-36(13-17)25(37)7-2/h6-7,11-12,17-19,28H,1-2,4,8-10,13-15H2,3,5H3,(H,34,35)/b26-16-,27-21-/t17-,18+,19-,28?/m1/s1. The van der Waals surface area contributed by atoms with Crippen LogP contribution in [0.2, 0.25) is 0 Å². The molecule has 3 heterocycles. The van der Waals surface area contributed by atoms with Gasteiger partial charge in [0.15, 0.2) is 17.3 Å². The number of hydrogen-bond donors (Lipinski definition) is 1. The molecule has 0 radical (unpaired) electrons. The molecule has 0 spiro atoms. The number of fused-ring (bicyclic) bond motifs is 2. The Hall–Kier alpha value is -3.14. The molecule has 1 aromatic carbocycles. The van der Waals surface area contributed by atoms with Crippen molar-refractivity contribution in [1.82, 2.24) is 10.2 Å². The average Bonchev–Trinajstić information content (AvgIpc) is 3.48. The van der Waals surface area contributed by atoms with Crippen LogP contribution < -0.4 is 14.8 Å². The minimum atomic E-state index is -0.781. The summed E-state index contributed by atoms with van der Waals surface area (Å²) in [5.74, 6) is 0.768. The molecule has 1 N–H and O–H groups in total. The van der Waals surface area contributed by atoms with Gasteiger partial charge in [0.05, 0.1) is 29.6 Å². The highest BCUT2D eigenvalue weighted by Gasteiger charge is 2.49. The molecular weight excluding hydrogens is 558 g/mol. The zero-order valence-electron chi connectivity index (χ0n) is 22.6. The number of aliphatic imine (C=N–C) groups is 2. The van der Waals surface area contributed by atoms with Gasteiger partial charge in [-0.2, -0.15) is 0 Å². The summed E-state index contributed by atoms with van der Waals surface area (Å²) in [5, 5.41) is 2.80. The van der Waals surface area contributed by atoms with Crippen molar-refractivity contribution in [3.05, 3.63) is 64.6 Å². The first-order valence-corrected chi connectivity index (χ1v) is 13.7. The summed E-state index contributed by atoms with van der Waals surface area (Å²) in [6.45, 7) is 14.8. The van der Waals surface area contributed by atoms with Crippen LogP contribution in [-0.4, -0.2) is 68.9 Å². The van der Waals surface area contributed by atoms with Crippen LogP contribution in [0.3, 0.4) is 0 Å². The second-order valence-electron chi connectivity index (χ2n) is 9.84. The smallest absolute Gasteiger partial charge is 0.245 e. The first kappa shape index (κ1) is 29.8. The van der Waals surface area contributed by atoms with E-state index in [1.165, 1.54) is 19.1 Å². The van der Waals surface area contributed by atoms with Crippen molar-refractivity contribution in [3.63, 3.8) is 0 Å². The number of amides is 1. The van der Waals surface area contributed by atoms with Crippen molar-refractivity contribution in [1.29, 1.82) is 0 Å². The van der Waals surface area contributed by atoms with Crippen molar-refractivity contribution < 1.29 is 23.4 Å². The van der Waals surface area contributed by atoms with Gasteiger partial charge in [0.2, 0.25) is 5.91 Å². The molecule has 4 aliphatic rings. The van der Waals surface area contributed by atoms with Crippen LogP contribution in [0.4, 0.5) is 10.1 Å². The molecule has 8 nitrogen and oxygen atoms in total. The summed E-state index contributed by atoms with van der Waals surface area (Å²) in [6.07, 6.45) is 4.11. The third kappa shape index (κ3) is 6.27. The van der Waals surface area contributed by atoms with E-state index in [9.17, 15) is 4.79 Å². The van der Waals surface area contributed by atoms with E-state index in [4.69, 9.17) is 37.4 Å². The van der Waals surface area contributed by atoms with Crippen LogP contribution in [0, 0.1) is 11.8 Å². The number of nitrogens with one attached hydrogen (secondary N) is 1. The molecule has 1 aromatic rings. The van der Waals surface area contributed by atoms with E-state index in [2.05, 4.69) is 35.2 Å². The van der Waals surface area contributed by atoms with E-state index >= 15 is 4.39 Å². The zero-order valence-corrected chi connectivity index (χ0v) is 24.1. The summed E-state index contributed by atoms with van der Waals surface area (Å²) in [6, 6.07) is 3.49. The maximum Gasteiger partial charge on any atom is 0.245 e. The fourth-order valence-electron chi connectivity index (χ4n) is 5.17. The molecule has 1 unspecified atom stereocenters. The van der Waals surface area contributed by atoms with E-state index < -0.39 is 5.83 Å². The van der Waals surface area contributed by atoms with Crippen LogP contribution in [0.1, 0.15) is 25.3 Å². The van der Waals surface area contributed by atoms with Gasteiger partial charge in [-0.3, -0.25) is 14.8 Å². The van der Waals surface area contributed by atoms with E-state index in [1.54, 1.807) is 24.1 Å². The molecule has 4 fully saturated rings. The quantitative estimate of drug-likeness (QED) is 0.165. The lowest BCUT2D eigenvalue weighted by atomic mass is 9.68. The number of hydrogen-bond acceptors (Lipinski definition) is 6. The Bertz CT molecular complexity index is 1270. The van der Waals surface area contributed by atoms with Gasteiger partial charge >= 0.3 is 0 Å². The molecule has 5 rings (SSSR count). The number of allylic oxidation sites excluding steroid dienone is 4. The highest BCUT2D eigenvalue weighted by atomic mass is 35.5. The van der Waals surface area contributed by atoms with Gasteiger partial charge in [-0.15, -0.1) is 0 Å². The molecule has 0 aromatic heterocycles. The Morgan fingerprint density at radius 1 is 1.20 bits per heavy atom. The van der Waals surface area contributed by atoms with Crippen LogP contribution >= 0.6 is 23.2 Å². The molecule has 2 bridgehead atoms. The van der Waals surface area contributed by atoms with Crippen molar-refractivity contribution in [2.45, 2.75) is 32.0 Å². The SMILES string of the molecule is C=CC(=O)N1C[C@H]2C[C@@H](C1)C2Oc1cc(C(=NC)N/C(C=C)=C(F)/C(Cl)=C(\C)Cl)c(N=C)cc1O[C@@H]1CCOC1. The predicted molar refractivity (Wildman–Crippen MR) is 157 cm³/mol. The summed E-state index contributed by atoms with van der Waals surface area (Å²) in [5.41, 5.74) is 0.933. The molecular formula is C29H33Cl2FN4O4. The number of nitrogens with zero attached hydrogens (tertiary/aromatic N) is 3. The van der Waals surface area contributed by atoms with E-state index in [1.807, 2.05) is 0 Å². The number of halogens is 3. The minimum absolute atomic E-state index is 0.0213. The highest BCUT2D eigenvalue weighted by Crippen LogP contribution is 2.45. The van der Waals surface area contributed by atoms with Crippen LogP contribution in [-0.2, 0) is 9.53 Å². The molecule has 4 atom stereocenters. The number of ether oxygens (including phenoxy) is 3. The summed E-state index contributed by atoms with van der Waals surface area (Å²) < 4.78 is 33.4. The first-order chi connectivity index (χ1) is 19.2. The number of piperidine rings is 2. The highest BCUT2D eigenvalue weighted by molar-refractivity contribution is 6.40. The van der Waals surface area contributed by atoms with E-state index in [-0.39, 0.29) is 51.5 Å². The topological polar surface area (TPSA) is 84.8 Å². The Balaban J connectivity index is 1.69. The number of rotatable bonds is 10. The second-order valence-corrected chi connectivity index (χ2v) is 10.8. The lowest BCUT2D eigenvalue weighted by molar-refractivity contribution is -0.142. The normalized spacial score (nSPS) is 25.2. The fourth-order valence-corrected chi connectivity index (χ4v) is 5.35. The van der Waals surface area contributed by atoms with Crippen LogP contribution in [0.15, 0.2) is 69.0 Å². The monoisotopic (exact) mass is 590 g/mol. The van der Waals surface area contributed by atoms with Gasteiger partial charge in [0.1, 0.15) is 18.0 Å². The first-order valence-electron chi connectivity index (χ1n) is 13.0. The second kappa shape index (κ2) is 13.0. The maximum absolute atomic E-state index is 15.0. The number of amidine groups is 1. The minimum Gasteiger partial charge on any atom is -0.486 e. The average molecular weight is 592 g/mol.